The summed E-state index contributed by atoms with van der Waals surface area (Å²) in [4.78, 5) is 12.3. The number of benzene rings is 2. The summed E-state index contributed by atoms with van der Waals surface area (Å²) >= 11 is -2.32. The van der Waals surface area contributed by atoms with Crippen molar-refractivity contribution in [3.8, 4) is 0 Å². The van der Waals surface area contributed by atoms with E-state index in [0.717, 1.165) is 22.3 Å². The van der Waals surface area contributed by atoms with Gasteiger partial charge < -0.3 is 15.2 Å². The number of amides is 2. The van der Waals surface area contributed by atoms with Gasteiger partial charge in [-0.2, -0.15) is 0 Å². The molecule has 2 aromatic carbocycles. The third-order valence-electron chi connectivity index (χ3n) is 4.89. The van der Waals surface area contributed by atoms with Crippen molar-refractivity contribution in [3.05, 3.63) is 76.9 Å². The average molecular weight is 429 g/mol. The van der Waals surface area contributed by atoms with Crippen LogP contribution in [0.5, 0.6) is 0 Å². The van der Waals surface area contributed by atoms with Gasteiger partial charge in [0.05, 0.1) is 6.04 Å². The molecular weight excluding hydrogens is 398 g/mol. The molecule has 0 saturated carbocycles. The second-order valence-corrected chi connectivity index (χ2v) is 8.97. The predicted octanol–water partition coefficient (Wildman–Crippen LogP) is 4.07. The molecule has 0 spiro atoms. The van der Waals surface area contributed by atoms with Crippen molar-refractivity contribution in [2.45, 2.75) is 52.2 Å². The molecule has 0 radical (unpaired) electrons. The molecule has 2 amide bonds. The molecule has 2 aromatic rings. The van der Waals surface area contributed by atoms with E-state index in [1.165, 1.54) is 5.56 Å². The molecule has 30 heavy (non-hydrogen) atoms. The summed E-state index contributed by atoms with van der Waals surface area (Å²) in [6, 6.07) is 13.4. The summed E-state index contributed by atoms with van der Waals surface area (Å²) < 4.78 is 23.8. The number of urea groups is 1. The summed E-state index contributed by atoms with van der Waals surface area (Å²) in [5.74, 6) is 0. The van der Waals surface area contributed by atoms with Crippen LogP contribution in [0.3, 0.4) is 0 Å². The molecule has 2 atom stereocenters. The second-order valence-electron chi connectivity index (χ2n) is 8.21. The summed E-state index contributed by atoms with van der Waals surface area (Å²) in [6.07, 6.45) is 1.67. The largest absolute Gasteiger partial charge is 0.760 e. The van der Waals surface area contributed by atoms with E-state index < -0.39 is 11.3 Å². The first kappa shape index (κ1) is 23.8. The Morgan fingerprint density at radius 1 is 1.17 bits per heavy atom. The average Bonchev–Trinajstić information content (AvgIpc) is 2.70. The zero-order chi connectivity index (χ0) is 22.3. The summed E-state index contributed by atoms with van der Waals surface area (Å²) in [5.41, 5.74) is 4.92. The first-order valence-electron chi connectivity index (χ1n) is 9.82. The Labute approximate surface area is 181 Å². The summed E-state index contributed by atoms with van der Waals surface area (Å²) in [5, 5.41) is 5.81. The molecule has 0 bridgehead atoms. The van der Waals surface area contributed by atoms with E-state index >= 15 is 0 Å². The molecule has 3 N–H and O–H groups in total. The molecule has 0 saturated heterocycles. The highest BCUT2D eigenvalue weighted by Gasteiger charge is 2.14. The molecular formula is C23H30N3O3S-. The van der Waals surface area contributed by atoms with Gasteiger partial charge in [0.15, 0.2) is 0 Å². The van der Waals surface area contributed by atoms with Crippen molar-refractivity contribution >= 4 is 23.4 Å². The monoisotopic (exact) mass is 428 g/mol. The minimum Gasteiger partial charge on any atom is -0.760 e. The zero-order valence-electron chi connectivity index (χ0n) is 18.0. The number of nitrogens with one attached hydrogen (secondary N) is 3. The number of carbonyl (C=O) groups excluding carboxylic acids is 1. The lowest BCUT2D eigenvalue weighted by molar-refractivity contribution is 0.237. The van der Waals surface area contributed by atoms with Crippen molar-refractivity contribution in [1.29, 1.82) is 0 Å². The van der Waals surface area contributed by atoms with Gasteiger partial charge in [0.25, 0.3) is 0 Å². The van der Waals surface area contributed by atoms with Crippen LogP contribution < -0.4 is 15.4 Å². The summed E-state index contributed by atoms with van der Waals surface area (Å²) in [6.45, 7) is 12.8. The van der Waals surface area contributed by atoms with Crippen LogP contribution >= 0.6 is 0 Å². The number of hydrogen-bond donors (Lipinski definition) is 3. The lowest BCUT2D eigenvalue weighted by atomic mass is 9.87. The van der Waals surface area contributed by atoms with E-state index in [4.69, 9.17) is 0 Å². The smallest absolute Gasteiger partial charge is 0.315 e. The Hall–Kier alpha value is -2.48. The third kappa shape index (κ3) is 7.09. The highest BCUT2D eigenvalue weighted by molar-refractivity contribution is 7.77. The third-order valence-corrected chi connectivity index (χ3v) is 5.27. The van der Waals surface area contributed by atoms with Crippen LogP contribution in [0.2, 0.25) is 0 Å². The van der Waals surface area contributed by atoms with E-state index in [1.54, 1.807) is 6.08 Å². The van der Waals surface area contributed by atoms with Crippen molar-refractivity contribution in [1.82, 2.24) is 15.4 Å². The lowest BCUT2D eigenvalue weighted by Gasteiger charge is -2.19. The normalized spacial score (nSPS) is 13.4. The Balaban J connectivity index is 1.93. The van der Waals surface area contributed by atoms with E-state index in [-0.39, 0.29) is 24.0 Å². The SMILES string of the molecule is C=Cc1cc([C@@H](C)NC(=O)NCc2ccc(C(C)(C)C)cc2)ccc1CNS(=O)[O-]. The maximum absolute atomic E-state index is 12.3. The van der Waals surface area contributed by atoms with Crippen molar-refractivity contribution in [2.24, 2.45) is 0 Å². The topological polar surface area (TPSA) is 93.3 Å². The fourth-order valence-corrected chi connectivity index (χ4v) is 3.28. The van der Waals surface area contributed by atoms with Crippen molar-refractivity contribution in [2.75, 3.05) is 0 Å². The molecule has 0 aliphatic carbocycles. The minimum absolute atomic E-state index is 0.0979. The van der Waals surface area contributed by atoms with Crippen LogP contribution in [0.4, 0.5) is 4.79 Å². The second kappa shape index (κ2) is 10.5. The first-order chi connectivity index (χ1) is 14.1. The Bertz CT molecular complexity index is 905. The molecule has 0 aliphatic heterocycles. The van der Waals surface area contributed by atoms with Gasteiger partial charge in [-0.25, -0.2) is 9.52 Å². The number of rotatable bonds is 8. The highest BCUT2D eigenvalue weighted by atomic mass is 32.2. The van der Waals surface area contributed by atoms with E-state index in [9.17, 15) is 13.6 Å². The molecule has 0 aliphatic rings. The van der Waals surface area contributed by atoms with Crippen LogP contribution in [0.25, 0.3) is 6.08 Å². The maximum atomic E-state index is 12.3. The Morgan fingerprint density at radius 2 is 1.83 bits per heavy atom. The van der Waals surface area contributed by atoms with Crippen LogP contribution in [0, 0.1) is 0 Å². The van der Waals surface area contributed by atoms with Gasteiger partial charge in [-0.05, 0) is 46.2 Å². The van der Waals surface area contributed by atoms with E-state index in [0.29, 0.717) is 6.54 Å². The van der Waals surface area contributed by atoms with Crippen LogP contribution in [-0.4, -0.2) is 14.8 Å². The number of carbonyl (C=O) groups is 1. The minimum atomic E-state index is -2.32. The van der Waals surface area contributed by atoms with Crippen LogP contribution in [0.15, 0.2) is 49.0 Å². The fourth-order valence-electron chi connectivity index (χ4n) is 3.01. The molecule has 6 nitrogen and oxygen atoms in total. The van der Waals surface area contributed by atoms with Crippen LogP contribution in [-0.2, 0) is 29.8 Å². The molecule has 1 unspecified atom stereocenters. The molecule has 2 rings (SSSR count). The van der Waals surface area contributed by atoms with E-state index in [1.807, 2.05) is 37.3 Å². The standard InChI is InChI=1S/C23H31N3O3S/c1-6-18-13-19(9-10-20(18)15-25-30(28)29)16(2)26-22(27)24-14-17-7-11-21(12-8-17)23(3,4)5/h6-13,16,25H,1,14-15H2,2-5H3,(H,28,29)(H2,24,26,27)/p-1/t16-/m1/s1. The molecule has 0 heterocycles. The molecule has 0 aromatic heterocycles. The van der Waals surface area contributed by atoms with Gasteiger partial charge in [-0.3, -0.25) is 4.21 Å². The van der Waals surface area contributed by atoms with Crippen molar-refractivity contribution < 1.29 is 13.6 Å². The highest BCUT2D eigenvalue weighted by Crippen LogP contribution is 2.22. The molecule has 0 fully saturated rings. The lowest BCUT2D eigenvalue weighted by Crippen LogP contribution is -2.36. The predicted molar refractivity (Wildman–Crippen MR) is 121 cm³/mol. The van der Waals surface area contributed by atoms with Gasteiger partial charge in [0, 0.05) is 24.4 Å². The molecule has 7 heteroatoms. The maximum Gasteiger partial charge on any atom is 0.315 e. The quantitative estimate of drug-likeness (QED) is 0.553. The fraction of sp³-hybridized carbons (Fsp3) is 0.348. The Kier molecular flexibility index (Phi) is 8.34. The van der Waals surface area contributed by atoms with Gasteiger partial charge >= 0.3 is 6.03 Å². The van der Waals surface area contributed by atoms with Crippen LogP contribution in [0.1, 0.15) is 61.6 Å². The molecule has 162 valence electrons. The first-order valence-corrected chi connectivity index (χ1v) is 10.9. The number of hydrogen-bond acceptors (Lipinski definition) is 3. The van der Waals surface area contributed by atoms with Crippen molar-refractivity contribution in [3.63, 3.8) is 0 Å². The van der Waals surface area contributed by atoms with Gasteiger partial charge in [-0.15, -0.1) is 0 Å². The Morgan fingerprint density at radius 3 is 2.40 bits per heavy atom. The van der Waals surface area contributed by atoms with Gasteiger partial charge in [-0.1, -0.05) is 69.8 Å². The van der Waals surface area contributed by atoms with Gasteiger partial charge in [0.1, 0.15) is 0 Å². The van der Waals surface area contributed by atoms with E-state index in [2.05, 4.69) is 54.8 Å². The summed E-state index contributed by atoms with van der Waals surface area (Å²) in [7, 11) is 0. The van der Waals surface area contributed by atoms with Gasteiger partial charge in [0.2, 0.25) is 0 Å². The zero-order valence-corrected chi connectivity index (χ0v) is 18.8.